The van der Waals surface area contributed by atoms with E-state index in [1.807, 2.05) is 61.5 Å². The van der Waals surface area contributed by atoms with Gasteiger partial charge in [-0.3, -0.25) is 4.79 Å². The molecule has 0 aromatic heterocycles. The number of methoxy groups -OCH3 is 1. The Morgan fingerprint density at radius 2 is 1.86 bits per heavy atom. The number of ether oxygens (including phenoxy) is 1. The molecule has 0 aliphatic heterocycles. The molecule has 0 spiro atoms. The van der Waals surface area contributed by atoms with Crippen LogP contribution in [-0.4, -0.2) is 13.0 Å². The monoisotopic (exact) mass is 377 g/mol. The maximum absolute atomic E-state index is 12.4. The number of nitriles is 1. The summed E-state index contributed by atoms with van der Waals surface area (Å²) >= 11 is 0. The highest BCUT2D eigenvalue weighted by molar-refractivity contribution is 6.06. The second-order valence-electron chi connectivity index (χ2n) is 6.59. The minimum absolute atomic E-state index is 0.0235. The molecule has 2 rings (SSSR count). The van der Waals surface area contributed by atoms with Crippen LogP contribution < -0.4 is 15.4 Å². The summed E-state index contributed by atoms with van der Waals surface area (Å²) < 4.78 is 5.15. The van der Waals surface area contributed by atoms with Crippen molar-refractivity contribution < 1.29 is 9.53 Å². The number of anilines is 1. The summed E-state index contributed by atoms with van der Waals surface area (Å²) in [5.74, 6) is 0.350. The summed E-state index contributed by atoms with van der Waals surface area (Å²) in [5.41, 5.74) is 2.97. The average molecular weight is 377 g/mol. The Hall–Kier alpha value is -3.26. The molecule has 2 N–H and O–H groups in total. The van der Waals surface area contributed by atoms with Crippen LogP contribution in [0.3, 0.4) is 0 Å². The lowest BCUT2D eigenvalue weighted by Crippen LogP contribution is -2.18. The van der Waals surface area contributed by atoms with E-state index in [0.29, 0.717) is 5.69 Å². The first-order valence-electron chi connectivity index (χ1n) is 9.48. The summed E-state index contributed by atoms with van der Waals surface area (Å²) in [6, 6.07) is 17.3. The molecule has 2 aromatic carbocycles. The SMILES string of the molecule is CCCCc1ccc(NC(=O)/C(C#N)=C\NC(C)c2ccc(OC)cc2)cc1. The lowest BCUT2D eigenvalue weighted by Gasteiger charge is -2.13. The number of benzene rings is 2. The zero-order valence-electron chi connectivity index (χ0n) is 16.7. The van der Waals surface area contributed by atoms with E-state index in [1.54, 1.807) is 7.11 Å². The Balaban J connectivity index is 1.96. The number of nitrogens with one attached hydrogen (secondary N) is 2. The Kier molecular flexibility index (Phi) is 8.11. The van der Waals surface area contributed by atoms with Gasteiger partial charge in [-0.05, 0) is 55.2 Å². The standard InChI is InChI=1S/C23H27N3O2/c1-4-5-6-18-7-11-21(12-8-18)26-23(27)20(15-24)16-25-17(2)19-9-13-22(28-3)14-10-19/h7-14,16-17,25H,4-6H2,1-3H3,(H,26,27)/b20-16-. The van der Waals surface area contributed by atoms with Crippen LogP contribution in [0.1, 0.15) is 43.9 Å². The lowest BCUT2D eigenvalue weighted by atomic mass is 10.1. The summed E-state index contributed by atoms with van der Waals surface area (Å²) in [7, 11) is 1.62. The molecule has 1 unspecified atom stereocenters. The van der Waals surface area contributed by atoms with Crippen molar-refractivity contribution in [2.45, 2.75) is 39.2 Å². The molecule has 146 valence electrons. The predicted octanol–water partition coefficient (Wildman–Crippen LogP) is 4.73. The summed E-state index contributed by atoms with van der Waals surface area (Å²) in [5, 5.41) is 15.2. The highest BCUT2D eigenvalue weighted by Crippen LogP contribution is 2.17. The van der Waals surface area contributed by atoms with E-state index in [9.17, 15) is 10.1 Å². The van der Waals surface area contributed by atoms with Gasteiger partial charge in [0.2, 0.25) is 0 Å². The Bertz CT molecular complexity index is 834. The molecule has 0 saturated carbocycles. The molecule has 0 bridgehead atoms. The zero-order chi connectivity index (χ0) is 20.4. The third-order valence-corrected chi connectivity index (χ3v) is 4.49. The third kappa shape index (κ3) is 6.17. The van der Waals surface area contributed by atoms with Gasteiger partial charge in [-0.2, -0.15) is 5.26 Å². The van der Waals surface area contributed by atoms with Gasteiger partial charge in [0.05, 0.1) is 7.11 Å². The molecule has 0 heterocycles. The van der Waals surface area contributed by atoms with E-state index < -0.39 is 5.91 Å². The number of hydrogen-bond donors (Lipinski definition) is 2. The molecule has 0 saturated heterocycles. The third-order valence-electron chi connectivity index (χ3n) is 4.49. The van der Waals surface area contributed by atoms with Gasteiger partial charge in [-0.15, -0.1) is 0 Å². The van der Waals surface area contributed by atoms with Crippen molar-refractivity contribution in [2.75, 3.05) is 12.4 Å². The summed E-state index contributed by atoms with van der Waals surface area (Å²) in [4.78, 5) is 12.4. The largest absolute Gasteiger partial charge is 0.497 e. The van der Waals surface area contributed by atoms with Gasteiger partial charge in [0.15, 0.2) is 0 Å². The molecular weight excluding hydrogens is 350 g/mol. The van der Waals surface area contributed by atoms with Crippen LogP contribution in [0.15, 0.2) is 60.3 Å². The second-order valence-corrected chi connectivity index (χ2v) is 6.59. The van der Waals surface area contributed by atoms with Crippen molar-refractivity contribution in [2.24, 2.45) is 0 Å². The maximum atomic E-state index is 12.4. The molecule has 28 heavy (non-hydrogen) atoms. The number of carbonyl (C=O) groups excluding carboxylic acids is 1. The van der Waals surface area contributed by atoms with Crippen molar-refractivity contribution in [3.05, 3.63) is 71.4 Å². The van der Waals surface area contributed by atoms with Crippen LogP contribution in [0.25, 0.3) is 0 Å². The number of amides is 1. The summed E-state index contributed by atoms with van der Waals surface area (Å²) in [6.45, 7) is 4.12. The van der Waals surface area contributed by atoms with Crippen LogP contribution in [-0.2, 0) is 11.2 Å². The minimum atomic E-state index is -0.432. The van der Waals surface area contributed by atoms with E-state index in [0.717, 1.165) is 30.6 Å². The van der Waals surface area contributed by atoms with Crippen molar-refractivity contribution in [3.8, 4) is 11.8 Å². The van der Waals surface area contributed by atoms with Gasteiger partial charge >= 0.3 is 0 Å². The molecular formula is C23H27N3O2. The first-order chi connectivity index (χ1) is 13.6. The van der Waals surface area contributed by atoms with Crippen LogP contribution in [0.5, 0.6) is 5.75 Å². The fourth-order valence-electron chi connectivity index (χ4n) is 2.68. The van der Waals surface area contributed by atoms with Crippen molar-refractivity contribution in [3.63, 3.8) is 0 Å². The van der Waals surface area contributed by atoms with E-state index >= 15 is 0 Å². The number of aryl methyl sites for hydroxylation is 1. The number of carbonyl (C=O) groups is 1. The fourth-order valence-corrected chi connectivity index (χ4v) is 2.68. The first kappa shape index (κ1) is 21.0. The molecule has 0 aliphatic carbocycles. The highest BCUT2D eigenvalue weighted by atomic mass is 16.5. The Morgan fingerprint density at radius 1 is 1.18 bits per heavy atom. The lowest BCUT2D eigenvalue weighted by molar-refractivity contribution is -0.112. The predicted molar refractivity (Wildman–Crippen MR) is 112 cm³/mol. The van der Waals surface area contributed by atoms with Crippen molar-refractivity contribution in [1.82, 2.24) is 5.32 Å². The van der Waals surface area contributed by atoms with Crippen LogP contribution in [0.4, 0.5) is 5.69 Å². The number of unbranched alkanes of at least 4 members (excludes halogenated alkanes) is 1. The quantitative estimate of drug-likeness (QED) is 0.489. The van der Waals surface area contributed by atoms with Gasteiger partial charge in [0.25, 0.3) is 5.91 Å². The van der Waals surface area contributed by atoms with Crippen molar-refractivity contribution in [1.29, 1.82) is 5.26 Å². The molecule has 0 aliphatic rings. The maximum Gasteiger partial charge on any atom is 0.267 e. The first-order valence-corrected chi connectivity index (χ1v) is 9.48. The van der Waals surface area contributed by atoms with Gasteiger partial charge in [0, 0.05) is 17.9 Å². The molecule has 5 heteroatoms. The van der Waals surface area contributed by atoms with E-state index in [4.69, 9.17) is 4.74 Å². The molecule has 2 aromatic rings. The van der Waals surface area contributed by atoms with Crippen LogP contribution in [0.2, 0.25) is 0 Å². The van der Waals surface area contributed by atoms with Gasteiger partial charge in [-0.25, -0.2) is 0 Å². The van der Waals surface area contributed by atoms with Crippen LogP contribution >= 0.6 is 0 Å². The molecule has 0 radical (unpaired) electrons. The van der Waals surface area contributed by atoms with Gasteiger partial charge in [-0.1, -0.05) is 37.6 Å². The number of hydrogen-bond acceptors (Lipinski definition) is 4. The highest BCUT2D eigenvalue weighted by Gasteiger charge is 2.11. The topological polar surface area (TPSA) is 74.2 Å². The number of nitrogens with zero attached hydrogens (tertiary/aromatic N) is 1. The minimum Gasteiger partial charge on any atom is -0.497 e. The normalized spacial score (nSPS) is 12.0. The number of rotatable bonds is 9. The molecule has 1 amide bonds. The average Bonchev–Trinajstić information content (AvgIpc) is 2.73. The van der Waals surface area contributed by atoms with Gasteiger partial charge in [0.1, 0.15) is 17.4 Å². The van der Waals surface area contributed by atoms with Crippen molar-refractivity contribution >= 4 is 11.6 Å². The van der Waals surface area contributed by atoms with Gasteiger partial charge < -0.3 is 15.4 Å². The fraction of sp³-hybridized carbons (Fsp3) is 0.304. The second kappa shape index (κ2) is 10.8. The summed E-state index contributed by atoms with van der Waals surface area (Å²) in [6.07, 6.45) is 4.78. The van der Waals surface area contributed by atoms with E-state index in [-0.39, 0.29) is 11.6 Å². The smallest absolute Gasteiger partial charge is 0.267 e. The molecule has 5 nitrogen and oxygen atoms in total. The Labute approximate surface area is 167 Å². The molecule has 1 atom stereocenters. The van der Waals surface area contributed by atoms with E-state index in [2.05, 4.69) is 17.6 Å². The Morgan fingerprint density at radius 3 is 2.43 bits per heavy atom. The van der Waals surface area contributed by atoms with Crippen LogP contribution in [0, 0.1) is 11.3 Å². The zero-order valence-corrected chi connectivity index (χ0v) is 16.7. The van der Waals surface area contributed by atoms with E-state index in [1.165, 1.54) is 11.8 Å². The molecule has 0 fully saturated rings.